The predicted octanol–water partition coefficient (Wildman–Crippen LogP) is 3.90. The molecule has 1 amide bonds. The van der Waals surface area contributed by atoms with Crippen LogP contribution in [0.3, 0.4) is 0 Å². The van der Waals surface area contributed by atoms with Crippen molar-refractivity contribution in [2.45, 2.75) is 25.8 Å². The van der Waals surface area contributed by atoms with Crippen molar-refractivity contribution in [3.05, 3.63) is 59.4 Å². The number of amides is 1. The molecule has 1 unspecified atom stereocenters. The van der Waals surface area contributed by atoms with Crippen molar-refractivity contribution in [1.29, 1.82) is 0 Å². The highest BCUT2D eigenvalue weighted by Gasteiger charge is 2.22. The van der Waals surface area contributed by atoms with Gasteiger partial charge in [0.05, 0.1) is 19.8 Å². The first-order chi connectivity index (χ1) is 15.5. The second-order valence-electron chi connectivity index (χ2n) is 7.80. The van der Waals surface area contributed by atoms with Crippen LogP contribution >= 0.6 is 24.0 Å². The molecule has 1 aliphatic carbocycles. The summed E-state index contributed by atoms with van der Waals surface area (Å²) in [4.78, 5) is 16.4. The number of methoxy groups -OCH3 is 1. The Kier molecular flexibility index (Phi) is 10.7. The molecule has 2 aromatic carbocycles. The van der Waals surface area contributed by atoms with Gasteiger partial charge in [-0.3, -0.25) is 9.79 Å². The Hall–Kier alpha value is -2.56. The molecule has 1 atom stereocenters. The van der Waals surface area contributed by atoms with E-state index in [9.17, 15) is 9.18 Å². The molecule has 180 valence electrons. The van der Waals surface area contributed by atoms with Crippen LogP contribution in [0.25, 0.3) is 0 Å². The zero-order valence-electron chi connectivity index (χ0n) is 19.2. The third kappa shape index (κ3) is 8.38. The lowest BCUT2D eigenvalue weighted by atomic mass is 10.1. The van der Waals surface area contributed by atoms with Gasteiger partial charge in [0.2, 0.25) is 0 Å². The van der Waals surface area contributed by atoms with Crippen LogP contribution < -0.4 is 25.4 Å². The van der Waals surface area contributed by atoms with E-state index in [1.54, 1.807) is 44.5 Å². The van der Waals surface area contributed by atoms with E-state index in [0.29, 0.717) is 48.6 Å². The van der Waals surface area contributed by atoms with E-state index in [4.69, 9.17) is 9.47 Å². The minimum absolute atomic E-state index is 0. The average molecular weight is 570 g/mol. The highest BCUT2D eigenvalue weighted by molar-refractivity contribution is 14.0. The number of halogens is 2. The standard InChI is InChI=1S/C24H31FN4O3.HI/c1-16(18-9-10-22(21(25)14-18)32-15-17-7-8-17)29-24(26-2)28-12-11-27-23(30)19-5-4-6-20(13-19)31-3;/h4-6,9-10,13-14,16-17H,7-8,11-12,15H2,1-3H3,(H,27,30)(H2,26,28,29);1H. The second kappa shape index (κ2) is 13.2. The van der Waals surface area contributed by atoms with Gasteiger partial charge < -0.3 is 25.4 Å². The number of benzene rings is 2. The fourth-order valence-corrected chi connectivity index (χ4v) is 3.10. The highest BCUT2D eigenvalue weighted by atomic mass is 127. The van der Waals surface area contributed by atoms with Gasteiger partial charge in [-0.25, -0.2) is 4.39 Å². The minimum Gasteiger partial charge on any atom is -0.497 e. The number of hydrogen-bond donors (Lipinski definition) is 3. The van der Waals surface area contributed by atoms with Crippen molar-refractivity contribution in [3.63, 3.8) is 0 Å². The first kappa shape index (κ1) is 26.7. The van der Waals surface area contributed by atoms with E-state index in [0.717, 1.165) is 18.4 Å². The van der Waals surface area contributed by atoms with Crippen LogP contribution in [0, 0.1) is 11.7 Å². The van der Waals surface area contributed by atoms with Crippen LogP contribution in [0.1, 0.15) is 41.7 Å². The van der Waals surface area contributed by atoms with Crippen LogP contribution in [0.15, 0.2) is 47.5 Å². The Balaban J connectivity index is 0.00000385. The van der Waals surface area contributed by atoms with Gasteiger partial charge >= 0.3 is 0 Å². The van der Waals surface area contributed by atoms with Gasteiger partial charge in [-0.1, -0.05) is 12.1 Å². The molecular formula is C24H32FIN4O3. The van der Waals surface area contributed by atoms with Gasteiger partial charge in [-0.15, -0.1) is 24.0 Å². The first-order valence-corrected chi connectivity index (χ1v) is 10.8. The molecule has 1 fully saturated rings. The first-order valence-electron chi connectivity index (χ1n) is 10.8. The summed E-state index contributed by atoms with van der Waals surface area (Å²) >= 11 is 0. The highest BCUT2D eigenvalue weighted by Crippen LogP contribution is 2.30. The Bertz CT molecular complexity index is 953. The fourth-order valence-electron chi connectivity index (χ4n) is 3.10. The van der Waals surface area contributed by atoms with Gasteiger partial charge in [0.1, 0.15) is 5.75 Å². The number of carbonyl (C=O) groups is 1. The molecule has 0 heterocycles. The summed E-state index contributed by atoms with van der Waals surface area (Å²) in [6.07, 6.45) is 2.33. The topological polar surface area (TPSA) is 84.0 Å². The summed E-state index contributed by atoms with van der Waals surface area (Å²) in [7, 11) is 3.22. The zero-order valence-corrected chi connectivity index (χ0v) is 21.5. The maximum atomic E-state index is 14.4. The molecule has 33 heavy (non-hydrogen) atoms. The van der Waals surface area contributed by atoms with Gasteiger partial charge in [0.15, 0.2) is 17.5 Å². The number of nitrogens with zero attached hydrogens (tertiary/aromatic N) is 1. The summed E-state index contributed by atoms with van der Waals surface area (Å²) in [6.45, 7) is 3.39. The molecular weight excluding hydrogens is 538 g/mol. The van der Waals surface area contributed by atoms with Crippen LogP contribution in [0.5, 0.6) is 11.5 Å². The number of hydrogen-bond acceptors (Lipinski definition) is 4. The quantitative estimate of drug-likeness (QED) is 0.175. The van der Waals surface area contributed by atoms with Crippen molar-refractivity contribution in [1.82, 2.24) is 16.0 Å². The van der Waals surface area contributed by atoms with Crippen molar-refractivity contribution in [2.75, 3.05) is 33.9 Å². The summed E-state index contributed by atoms with van der Waals surface area (Å²) in [5, 5.41) is 9.22. The third-order valence-corrected chi connectivity index (χ3v) is 5.24. The van der Waals surface area contributed by atoms with Crippen LogP contribution in [0.2, 0.25) is 0 Å². The van der Waals surface area contributed by atoms with Crippen molar-refractivity contribution < 1.29 is 18.7 Å². The molecule has 3 rings (SSSR count). The zero-order chi connectivity index (χ0) is 22.9. The molecule has 0 bridgehead atoms. The minimum atomic E-state index is -0.361. The normalized spacial score (nSPS) is 14.0. The summed E-state index contributed by atoms with van der Waals surface area (Å²) in [5.41, 5.74) is 1.32. The predicted molar refractivity (Wildman–Crippen MR) is 138 cm³/mol. The third-order valence-electron chi connectivity index (χ3n) is 5.24. The molecule has 9 heteroatoms. The average Bonchev–Trinajstić information content (AvgIpc) is 3.64. The maximum absolute atomic E-state index is 14.4. The Labute approximate surface area is 211 Å². The number of rotatable bonds is 10. The number of ether oxygens (including phenoxy) is 2. The van der Waals surface area contributed by atoms with Gasteiger partial charge in [0.25, 0.3) is 5.91 Å². The molecule has 0 saturated heterocycles. The van der Waals surface area contributed by atoms with Crippen LogP contribution in [-0.4, -0.2) is 45.7 Å². The van der Waals surface area contributed by atoms with E-state index < -0.39 is 0 Å². The van der Waals surface area contributed by atoms with E-state index >= 15 is 0 Å². The molecule has 0 aromatic heterocycles. The Morgan fingerprint density at radius 1 is 1.18 bits per heavy atom. The summed E-state index contributed by atoms with van der Waals surface area (Å²) < 4.78 is 25.1. The molecule has 3 N–H and O–H groups in total. The lowest BCUT2D eigenvalue weighted by molar-refractivity contribution is 0.0954. The Morgan fingerprint density at radius 3 is 2.61 bits per heavy atom. The van der Waals surface area contributed by atoms with Crippen molar-refractivity contribution >= 4 is 35.8 Å². The monoisotopic (exact) mass is 570 g/mol. The summed E-state index contributed by atoms with van der Waals surface area (Å²) in [5.74, 6) is 1.52. The number of guanidine groups is 1. The molecule has 0 aliphatic heterocycles. The SMILES string of the molecule is CN=C(NCCNC(=O)c1cccc(OC)c1)NC(C)c1ccc(OCC2CC2)c(F)c1.I. The largest absolute Gasteiger partial charge is 0.497 e. The fraction of sp³-hybridized carbons (Fsp3) is 0.417. The van der Waals surface area contributed by atoms with Crippen molar-refractivity contribution in [3.8, 4) is 11.5 Å². The number of aliphatic imine (C=N–C) groups is 1. The molecule has 7 nitrogen and oxygen atoms in total. The van der Waals surface area contributed by atoms with E-state index in [2.05, 4.69) is 20.9 Å². The van der Waals surface area contributed by atoms with E-state index in [1.807, 2.05) is 13.0 Å². The molecule has 1 aliphatic rings. The van der Waals surface area contributed by atoms with Crippen molar-refractivity contribution in [2.24, 2.45) is 10.9 Å². The molecule has 0 radical (unpaired) electrons. The lowest BCUT2D eigenvalue weighted by Crippen LogP contribution is -2.42. The summed E-state index contributed by atoms with van der Waals surface area (Å²) in [6, 6.07) is 11.8. The van der Waals surface area contributed by atoms with Gasteiger partial charge in [-0.2, -0.15) is 0 Å². The molecule has 1 saturated carbocycles. The van der Waals surface area contributed by atoms with Crippen LogP contribution in [0.4, 0.5) is 4.39 Å². The number of carbonyl (C=O) groups excluding carboxylic acids is 1. The van der Waals surface area contributed by atoms with Gasteiger partial charge in [0, 0.05) is 25.7 Å². The lowest BCUT2D eigenvalue weighted by Gasteiger charge is -2.19. The second-order valence-corrected chi connectivity index (χ2v) is 7.80. The number of nitrogens with one attached hydrogen (secondary N) is 3. The molecule has 0 spiro atoms. The Morgan fingerprint density at radius 2 is 1.94 bits per heavy atom. The smallest absolute Gasteiger partial charge is 0.251 e. The maximum Gasteiger partial charge on any atom is 0.251 e. The van der Waals surface area contributed by atoms with Gasteiger partial charge in [-0.05, 0) is 61.6 Å². The molecule has 2 aromatic rings. The van der Waals surface area contributed by atoms with Crippen LogP contribution in [-0.2, 0) is 0 Å². The van der Waals surface area contributed by atoms with E-state index in [-0.39, 0.29) is 41.7 Å². The van der Waals surface area contributed by atoms with E-state index in [1.165, 1.54) is 6.07 Å².